The molecule has 8 nitrogen and oxygen atoms in total. The van der Waals surface area contributed by atoms with Crippen LogP contribution in [0.2, 0.25) is 10.0 Å². The van der Waals surface area contributed by atoms with E-state index in [1.165, 1.54) is 0 Å². The van der Waals surface area contributed by atoms with Crippen LogP contribution in [0.3, 0.4) is 0 Å². The number of carbonyl (C=O) groups excluding carboxylic acids is 1. The molecule has 3 unspecified atom stereocenters. The third-order valence-corrected chi connectivity index (χ3v) is 9.63. The zero-order chi connectivity index (χ0) is 26.7. The van der Waals surface area contributed by atoms with Crippen LogP contribution in [0.15, 0.2) is 34.9 Å². The predicted octanol–water partition coefficient (Wildman–Crippen LogP) is 6.86. The van der Waals surface area contributed by atoms with Gasteiger partial charge in [-0.2, -0.15) is 0 Å². The molecule has 0 N–H and O–H groups in total. The van der Waals surface area contributed by atoms with E-state index in [-0.39, 0.29) is 6.10 Å². The van der Waals surface area contributed by atoms with Crippen molar-refractivity contribution in [2.75, 3.05) is 18.6 Å². The lowest BCUT2D eigenvalue weighted by molar-refractivity contribution is -0.120. The molecule has 0 radical (unpaired) electrons. The Hall–Kier alpha value is -2.85. The molecule has 2 bridgehead atoms. The van der Waals surface area contributed by atoms with Crippen molar-refractivity contribution in [1.82, 2.24) is 10.1 Å². The van der Waals surface area contributed by atoms with Gasteiger partial charge in [0, 0.05) is 47.7 Å². The number of fused-ring (bicyclic) bond motifs is 3. The van der Waals surface area contributed by atoms with Crippen molar-refractivity contribution >= 4 is 56.4 Å². The monoisotopic (exact) mass is 585 g/mol. The number of ether oxygens (including phenoxy) is 3. The Bertz CT molecular complexity index is 1550. The zero-order valence-corrected chi connectivity index (χ0v) is 23.4. The van der Waals surface area contributed by atoms with E-state index in [4.69, 9.17) is 46.9 Å². The van der Waals surface area contributed by atoms with Crippen LogP contribution in [0.4, 0.5) is 5.13 Å². The summed E-state index contributed by atoms with van der Waals surface area (Å²) >= 11 is 14.6. The second kappa shape index (κ2) is 9.96. The third-order valence-electron chi connectivity index (χ3n) is 7.96. The number of thiazole rings is 1. The van der Waals surface area contributed by atoms with Gasteiger partial charge >= 0.3 is 0 Å². The fourth-order valence-corrected chi connectivity index (χ4v) is 7.62. The second-order valence-corrected chi connectivity index (χ2v) is 12.1. The van der Waals surface area contributed by atoms with Gasteiger partial charge in [0.15, 0.2) is 5.13 Å². The van der Waals surface area contributed by atoms with E-state index in [0.29, 0.717) is 63.8 Å². The molecule has 3 aliphatic rings. The van der Waals surface area contributed by atoms with Gasteiger partial charge in [0.2, 0.25) is 0 Å². The predicted molar refractivity (Wildman–Crippen MR) is 149 cm³/mol. The second-order valence-electron chi connectivity index (χ2n) is 10.3. The highest BCUT2D eigenvalue weighted by atomic mass is 35.5. The van der Waals surface area contributed by atoms with Crippen LogP contribution in [0.5, 0.6) is 11.5 Å². The number of nitrogens with zero attached hydrogens (tertiary/aromatic N) is 3. The molecule has 0 amide bonds. The van der Waals surface area contributed by atoms with E-state index in [2.05, 4.69) is 10.1 Å². The summed E-state index contributed by atoms with van der Waals surface area (Å²) in [7, 11) is 1.59. The first-order valence-corrected chi connectivity index (χ1v) is 14.5. The van der Waals surface area contributed by atoms with E-state index >= 15 is 0 Å². The zero-order valence-electron chi connectivity index (χ0n) is 21.1. The summed E-state index contributed by atoms with van der Waals surface area (Å²) in [4.78, 5) is 18.1. The number of hydrogen-bond acceptors (Lipinski definition) is 9. The topological polar surface area (TPSA) is 86.9 Å². The lowest BCUT2D eigenvalue weighted by Gasteiger charge is -2.31. The number of halogens is 2. The van der Waals surface area contributed by atoms with Gasteiger partial charge in [0.05, 0.1) is 34.6 Å². The molecule has 2 saturated carbocycles. The third kappa shape index (κ3) is 4.45. The van der Waals surface area contributed by atoms with Crippen molar-refractivity contribution in [3.05, 3.63) is 51.7 Å². The minimum atomic E-state index is 0.138. The van der Waals surface area contributed by atoms with Crippen LogP contribution in [-0.4, -0.2) is 42.4 Å². The molecule has 202 valence electrons. The number of aromatic nitrogens is 2. The Kier molecular flexibility index (Phi) is 6.42. The minimum Gasteiger partial charge on any atom is -0.494 e. The lowest BCUT2D eigenvalue weighted by Crippen LogP contribution is -2.38. The van der Waals surface area contributed by atoms with Gasteiger partial charge in [-0.1, -0.05) is 45.8 Å². The molecule has 11 heteroatoms. The van der Waals surface area contributed by atoms with Crippen LogP contribution in [0.25, 0.3) is 21.5 Å². The average Bonchev–Trinajstić information content (AvgIpc) is 3.25. The maximum Gasteiger partial charge on any atom is 0.298 e. The van der Waals surface area contributed by atoms with E-state index < -0.39 is 0 Å². The summed E-state index contributed by atoms with van der Waals surface area (Å²) in [6.07, 6.45) is 4.30. The van der Waals surface area contributed by atoms with Crippen molar-refractivity contribution < 1.29 is 23.5 Å². The Morgan fingerprint density at radius 2 is 2.03 bits per heavy atom. The number of anilines is 1. The number of benzene rings is 2. The van der Waals surface area contributed by atoms with Gasteiger partial charge in [0.25, 0.3) is 6.47 Å². The van der Waals surface area contributed by atoms with Gasteiger partial charge in [-0.05, 0) is 37.8 Å². The molecule has 7 rings (SSSR count). The normalized spacial score (nSPS) is 22.1. The quantitative estimate of drug-likeness (QED) is 0.197. The molecule has 3 heterocycles. The van der Waals surface area contributed by atoms with Gasteiger partial charge in [0.1, 0.15) is 28.5 Å². The molecular formula is C28H25Cl2N3O5S. The molecular weight excluding hydrogens is 561 g/mol. The molecule has 3 atom stereocenters. The van der Waals surface area contributed by atoms with Crippen molar-refractivity contribution in [2.45, 2.75) is 50.4 Å². The number of carbonyl (C=O) groups is 1. The largest absolute Gasteiger partial charge is 0.494 e. The van der Waals surface area contributed by atoms with Crippen LogP contribution in [0.1, 0.15) is 42.9 Å². The summed E-state index contributed by atoms with van der Waals surface area (Å²) in [5.74, 6) is 2.71. The minimum absolute atomic E-state index is 0.138. The SMILES string of the molecule is COc1cc(OC=O)cc2sc(N3CC4CC3CC4OCc3c(-c4c(Cl)cccc4Cl)noc3C3CC3)nc12. The summed E-state index contributed by atoms with van der Waals surface area (Å²) in [5, 5.41) is 6.43. The lowest BCUT2D eigenvalue weighted by atomic mass is 10.0. The smallest absolute Gasteiger partial charge is 0.298 e. The fraction of sp³-hybridized carbons (Fsp3) is 0.393. The van der Waals surface area contributed by atoms with Crippen LogP contribution >= 0.6 is 34.5 Å². The Morgan fingerprint density at radius 1 is 1.21 bits per heavy atom. The summed E-state index contributed by atoms with van der Waals surface area (Å²) in [6, 6.07) is 9.32. The molecule has 2 aliphatic carbocycles. The van der Waals surface area contributed by atoms with Crippen molar-refractivity contribution in [2.24, 2.45) is 5.92 Å². The number of piperidine rings is 1. The Balaban J connectivity index is 1.09. The van der Waals surface area contributed by atoms with E-state index in [1.807, 2.05) is 24.3 Å². The maximum atomic E-state index is 10.8. The highest BCUT2D eigenvalue weighted by Gasteiger charge is 2.46. The first kappa shape index (κ1) is 25.1. The van der Waals surface area contributed by atoms with Gasteiger partial charge in [-0.25, -0.2) is 4.98 Å². The van der Waals surface area contributed by atoms with Gasteiger partial charge in [-0.15, -0.1) is 0 Å². The number of methoxy groups -OCH3 is 1. The maximum absolute atomic E-state index is 10.8. The van der Waals surface area contributed by atoms with E-state index in [9.17, 15) is 4.79 Å². The van der Waals surface area contributed by atoms with Crippen LogP contribution in [-0.2, 0) is 16.1 Å². The standard InChI is InChI=1S/C28H25Cl2N3O5S/c1-35-22-9-17(37-13-34)10-23-26(22)31-28(39-23)33-11-15-7-16(33)8-21(15)36-12-18-25(32-38-27(18)14-5-6-14)24-19(29)3-2-4-20(24)30/h2-4,9-10,13-16,21H,5-8,11-12H2,1H3. The number of rotatable bonds is 9. The molecule has 2 aromatic heterocycles. The number of hydrogen-bond donors (Lipinski definition) is 0. The molecule has 0 spiro atoms. The Labute approximate surface area is 238 Å². The molecule has 4 aromatic rings. The molecule has 1 aliphatic heterocycles. The molecule has 3 fully saturated rings. The first-order chi connectivity index (χ1) is 19.0. The van der Waals surface area contributed by atoms with Crippen molar-refractivity contribution in [1.29, 1.82) is 0 Å². The average molecular weight is 586 g/mol. The summed E-state index contributed by atoms with van der Waals surface area (Å²) < 4.78 is 23.8. The van der Waals surface area contributed by atoms with Crippen LogP contribution < -0.4 is 14.4 Å². The first-order valence-electron chi connectivity index (χ1n) is 12.9. The summed E-state index contributed by atoms with van der Waals surface area (Å²) in [6.45, 7) is 1.71. The van der Waals surface area contributed by atoms with Crippen molar-refractivity contribution in [3.63, 3.8) is 0 Å². The van der Waals surface area contributed by atoms with Gasteiger partial charge < -0.3 is 23.6 Å². The highest BCUT2D eigenvalue weighted by molar-refractivity contribution is 7.22. The van der Waals surface area contributed by atoms with Crippen molar-refractivity contribution in [3.8, 4) is 22.8 Å². The molecule has 39 heavy (non-hydrogen) atoms. The molecule has 2 aromatic carbocycles. The highest BCUT2D eigenvalue weighted by Crippen LogP contribution is 2.48. The molecule has 1 saturated heterocycles. The summed E-state index contributed by atoms with van der Waals surface area (Å²) in [5.41, 5.74) is 3.11. The van der Waals surface area contributed by atoms with E-state index in [1.54, 1.807) is 24.5 Å². The van der Waals surface area contributed by atoms with E-state index in [0.717, 1.165) is 58.9 Å². The fourth-order valence-electron chi connectivity index (χ4n) is 5.95. The van der Waals surface area contributed by atoms with Gasteiger partial charge in [-0.3, -0.25) is 4.79 Å². The van der Waals surface area contributed by atoms with Crippen LogP contribution in [0, 0.1) is 5.92 Å². The Morgan fingerprint density at radius 3 is 2.72 bits per heavy atom.